The minimum absolute atomic E-state index is 0.0705. The Balaban J connectivity index is 2.31. The van der Waals surface area contributed by atoms with Gasteiger partial charge in [-0.05, 0) is 18.4 Å². The van der Waals surface area contributed by atoms with E-state index in [0.29, 0.717) is 6.42 Å². The molecule has 0 aromatic carbocycles. The standard InChI is InChI=1S/C11H15NO3S/c1-8(6-11(14)15-2)12-10(13)7-9-4-3-5-16-9/h3-5,8H,6-7H2,1-2H3,(H,12,13). The lowest BCUT2D eigenvalue weighted by molar-refractivity contribution is -0.141. The molecule has 0 aliphatic carbocycles. The summed E-state index contributed by atoms with van der Waals surface area (Å²) in [5, 5.41) is 4.68. The van der Waals surface area contributed by atoms with Crippen molar-refractivity contribution in [3.8, 4) is 0 Å². The summed E-state index contributed by atoms with van der Waals surface area (Å²) in [5.41, 5.74) is 0. The molecule has 0 saturated carbocycles. The third-order valence-corrected chi connectivity index (χ3v) is 2.90. The number of methoxy groups -OCH3 is 1. The van der Waals surface area contributed by atoms with Crippen LogP contribution in [0.5, 0.6) is 0 Å². The fraction of sp³-hybridized carbons (Fsp3) is 0.455. The fourth-order valence-corrected chi connectivity index (χ4v) is 1.99. The van der Waals surface area contributed by atoms with Crippen LogP contribution in [0.2, 0.25) is 0 Å². The Morgan fingerprint density at radius 1 is 1.56 bits per heavy atom. The number of ether oxygens (including phenoxy) is 1. The summed E-state index contributed by atoms with van der Waals surface area (Å²) in [7, 11) is 1.34. The predicted octanol–water partition coefficient (Wildman–Crippen LogP) is 1.36. The number of rotatable bonds is 5. The Morgan fingerprint density at radius 2 is 2.31 bits per heavy atom. The molecule has 4 nitrogen and oxygen atoms in total. The highest BCUT2D eigenvalue weighted by Gasteiger charge is 2.12. The van der Waals surface area contributed by atoms with E-state index >= 15 is 0 Å². The quantitative estimate of drug-likeness (QED) is 0.792. The summed E-state index contributed by atoms with van der Waals surface area (Å²) in [6, 6.07) is 3.63. The number of carbonyl (C=O) groups excluding carboxylic acids is 2. The molecule has 0 bridgehead atoms. The summed E-state index contributed by atoms with van der Waals surface area (Å²) >= 11 is 1.54. The molecule has 1 amide bonds. The molecule has 1 unspecified atom stereocenters. The molecule has 5 heteroatoms. The molecule has 0 spiro atoms. The normalized spacial score (nSPS) is 11.9. The molecule has 0 fully saturated rings. The molecule has 1 atom stereocenters. The van der Waals surface area contributed by atoms with Crippen molar-refractivity contribution in [2.45, 2.75) is 25.8 Å². The van der Waals surface area contributed by atoms with Gasteiger partial charge in [-0.2, -0.15) is 0 Å². The van der Waals surface area contributed by atoms with Gasteiger partial charge in [0.05, 0.1) is 20.0 Å². The second-order valence-electron chi connectivity index (χ2n) is 3.50. The van der Waals surface area contributed by atoms with Crippen LogP contribution in [0.15, 0.2) is 17.5 Å². The van der Waals surface area contributed by atoms with Crippen molar-refractivity contribution < 1.29 is 14.3 Å². The monoisotopic (exact) mass is 241 g/mol. The second-order valence-corrected chi connectivity index (χ2v) is 4.54. The van der Waals surface area contributed by atoms with Gasteiger partial charge in [-0.3, -0.25) is 9.59 Å². The number of esters is 1. The van der Waals surface area contributed by atoms with Crippen LogP contribution in [0.25, 0.3) is 0 Å². The van der Waals surface area contributed by atoms with Crippen molar-refractivity contribution in [2.75, 3.05) is 7.11 Å². The zero-order valence-electron chi connectivity index (χ0n) is 9.36. The third kappa shape index (κ3) is 4.44. The molecule has 1 aromatic rings. The molecular formula is C11H15NO3S. The van der Waals surface area contributed by atoms with E-state index in [1.807, 2.05) is 17.5 Å². The maximum Gasteiger partial charge on any atom is 0.307 e. The molecule has 0 aliphatic rings. The summed E-state index contributed by atoms with van der Waals surface area (Å²) in [5.74, 6) is -0.386. The zero-order valence-corrected chi connectivity index (χ0v) is 10.2. The Kier molecular flexibility index (Phi) is 4.98. The van der Waals surface area contributed by atoms with Crippen LogP contribution < -0.4 is 5.32 Å². The van der Waals surface area contributed by atoms with Crippen molar-refractivity contribution in [3.63, 3.8) is 0 Å². The highest BCUT2D eigenvalue weighted by Crippen LogP contribution is 2.09. The molecule has 1 rings (SSSR count). The summed E-state index contributed by atoms with van der Waals surface area (Å²) in [6.45, 7) is 1.78. The van der Waals surface area contributed by atoms with E-state index in [-0.39, 0.29) is 24.3 Å². The number of hydrogen-bond acceptors (Lipinski definition) is 4. The predicted molar refractivity (Wildman–Crippen MR) is 62.3 cm³/mol. The van der Waals surface area contributed by atoms with Crippen molar-refractivity contribution in [1.82, 2.24) is 5.32 Å². The molecule has 88 valence electrons. The lowest BCUT2D eigenvalue weighted by Crippen LogP contribution is -2.35. The number of amides is 1. The van der Waals surface area contributed by atoms with Gasteiger partial charge in [-0.25, -0.2) is 0 Å². The lowest BCUT2D eigenvalue weighted by Gasteiger charge is -2.11. The SMILES string of the molecule is COC(=O)CC(C)NC(=O)Cc1cccs1. The number of carbonyl (C=O) groups is 2. The minimum atomic E-state index is -0.316. The Labute approximate surface area is 98.6 Å². The average Bonchev–Trinajstić information content (AvgIpc) is 2.69. The van der Waals surface area contributed by atoms with Crippen LogP contribution in [0.1, 0.15) is 18.2 Å². The van der Waals surface area contributed by atoms with Crippen molar-refractivity contribution in [1.29, 1.82) is 0 Å². The van der Waals surface area contributed by atoms with Crippen LogP contribution in [0.3, 0.4) is 0 Å². The van der Waals surface area contributed by atoms with Crippen LogP contribution in [0.4, 0.5) is 0 Å². The molecule has 0 saturated heterocycles. The Morgan fingerprint density at radius 3 is 2.88 bits per heavy atom. The Hall–Kier alpha value is -1.36. The first-order valence-corrected chi connectivity index (χ1v) is 5.88. The van der Waals surface area contributed by atoms with Gasteiger partial charge in [0.15, 0.2) is 0 Å². The largest absolute Gasteiger partial charge is 0.469 e. The molecule has 16 heavy (non-hydrogen) atoms. The Bertz CT molecular complexity index is 348. The second kappa shape index (κ2) is 6.27. The van der Waals surface area contributed by atoms with Crippen LogP contribution >= 0.6 is 11.3 Å². The average molecular weight is 241 g/mol. The molecule has 1 heterocycles. The molecule has 1 aromatic heterocycles. The van der Waals surface area contributed by atoms with E-state index in [1.54, 1.807) is 18.3 Å². The topological polar surface area (TPSA) is 55.4 Å². The van der Waals surface area contributed by atoms with Crippen molar-refractivity contribution >= 4 is 23.2 Å². The van der Waals surface area contributed by atoms with Gasteiger partial charge in [-0.1, -0.05) is 6.07 Å². The van der Waals surface area contributed by atoms with E-state index in [2.05, 4.69) is 10.1 Å². The number of hydrogen-bond donors (Lipinski definition) is 1. The fourth-order valence-electron chi connectivity index (χ4n) is 1.28. The summed E-state index contributed by atoms with van der Waals surface area (Å²) < 4.78 is 4.52. The molecule has 1 N–H and O–H groups in total. The van der Waals surface area contributed by atoms with E-state index < -0.39 is 0 Å². The molecule has 0 aliphatic heterocycles. The van der Waals surface area contributed by atoms with Crippen molar-refractivity contribution in [2.24, 2.45) is 0 Å². The number of nitrogens with one attached hydrogen (secondary N) is 1. The summed E-state index contributed by atoms with van der Waals surface area (Å²) in [6.07, 6.45) is 0.565. The van der Waals surface area contributed by atoms with Gasteiger partial charge in [0.25, 0.3) is 0 Å². The van der Waals surface area contributed by atoms with E-state index in [4.69, 9.17) is 0 Å². The lowest BCUT2D eigenvalue weighted by atomic mass is 10.2. The first-order chi connectivity index (χ1) is 7.61. The maximum atomic E-state index is 11.5. The highest BCUT2D eigenvalue weighted by atomic mass is 32.1. The van der Waals surface area contributed by atoms with Gasteiger partial charge in [0, 0.05) is 10.9 Å². The van der Waals surface area contributed by atoms with Crippen molar-refractivity contribution in [3.05, 3.63) is 22.4 Å². The maximum absolute atomic E-state index is 11.5. The van der Waals surface area contributed by atoms with Gasteiger partial charge >= 0.3 is 5.97 Å². The zero-order chi connectivity index (χ0) is 12.0. The van der Waals surface area contributed by atoms with Crippen LogP contribution in [-0.4, -0.2) is 25.0 Å². The minimum Gasteiger partial charge on any atom is -0.469 e. The first kappa shape index (κ1) is 12.7. The van der Waals surface area contributed by atoms with E-state index in [9.17, 15) is 9.59 Å². The summed E-state index contributed by atoms with van der Waals surface area (Å²) in [4.78, 5) is 23.5. The van der Waals surface area contributed by atoms with Crippen LogP contribution in [0, 0.1) is 0 Å². The van der Waals surface area contributed by atoms with E-state index in [1.165, 1.54) is 7.11 Å². The van der Waals surface area contributed by atoms with Gasteiger partial charge < -0.3 is 10.1 Å². The van der Waals surface area contributed by atoms with Gasteiger partial charge in [0.2, 0.25) is 5.91 Å². The molecule has 0 radical (unpaired) electrons. The van der Waals surface area contributed by atoms with E-state index in [0.717, 1.165) is 4.88 Å². The highest BCUT2D eigenvalue weighted by molar-refractivity contribution is 7.10. The third-order valence-electron chi connectivity index (χ3n) is 2.02. The number of thiophene rings is 1. The first-order valence-electron chi connectivity index (χ1n) is 5.00. The van der Waals surface area contributed by atoms with Gasteiger partial charge in [-0.15, -0.1) is 11.3 Å². The smallest absolute Gasteiger partial charge is 0.307 e. The molecular weight excluding hydrogens is 226 g/mol. The van der Waals surface area contributed by atoms with Crippen LogP contribution in [-0.2, 0) is 20.7 Å². The van der Waals surface area contributed by atoms with Gasteiger partial charge in [0.1, 0.15) is 0 Å².